The molecule has 2 aromatic rings. The molecular formula is C12H14N4O2. The van der Waals surface area contributed by atoms with E-state index in [1.165, 1.54) is 6.33 Å². The number of rotatable bonds is 5. The summed E-state index contributed by atoms with van der Waals surface area (Å²) in [7, 11) is 1.55. The SMILES string of the molecule is CCNc1ncnc(Oc2cccnc2)c1OC. The van der Waals surface area contributed by atoms with Crippen molar-refractivity contribution in [2.75, 3.05) is 19.0 Å². The average Bonchev–Trinajstić information content (AvgIpc) is 2.41. The Labute approximate surface area is 105 Å². The van der Waals surface area contributed by atoms with Gasteiger partial charge in [0.1, 0.15) is 12.1 Å². The molecule has 0 atom stereocenters. The normalized spacial score (nSPS) is 9.89. The lowest BCUT2D eigenvalue weighted by Gasteiger charge is -2.12. The van der Waals surface area contributed by atoms with Gasteiger partial charge in [-0.25, -0.2) is 4.98 Å². The van der Waals surface area contributed by atoms with E-state index in [9.17, 15) is 0 Å². The molecule has 2 rings (SSSR count). The Morgan fingerprint density at radius 2 is 2.22 bits per heavy atom. The molecule has 94 valence electrons. The summed E-state index contributed by atoms with van der Waals surface area (Å²) in [5.74, 6) is 2.03. The summed E-state index contributed by atoms with van der Waals surface area (Å²) in [6.07, 6.45) is 4.70. The molecule has 18 heavy (non-hydrogen) atoms. The van der Waals surface area contributed by atoms with Gasteiger partial charge in [0.2, 0.25) is 5.75 Å². The van der Waals surface area contributed by atoms with Gasteiger partial charge in [0.05, 0.1) is 13.3 Å². The zero-order chi connectivity index (χ0) is 12.8. The van der Waals surface area contributed by atoms with Crippen molar-refractivity contribution in [2.45, 2.75) is 6.92 Å². The largest absolute Gasteiger partial charge is 0.489 e. The maximum atomic E-state index is 5.61. The number of hydrogen-bond acceptors (Lipinski definition) is 6. The summed E-state index contributed by atoms with van der Waals surface area (Å²) in [6.45, 7) is 2.71. The van der Waals surface area contributed by atoms with Gasteiger partial charge < -0.3 is 14.8 Å². The van der Waals surface area contributed by atoms with E-state index in [1.54, 1.807) is 31.6 Å². The molecule has 0 amide bonds. The van der Waals surface area contributed by atoms with Gasteiger partial charge in [-0.05, 0) is 19.1 Å². The minimum Gasteiger partial charge on any atom is -0.489 e. The maximum absolute atomic E-state index is 5.61. The van der Waals surface area contributed by atoms with E-state index in [0.29, 0.717) is 23.2 Å². The van der Waals surface area contributed by atoms with Crippen molar-refractivity contribution in [3.8, 4) is 17.4 Å². The van der Waals surface area contributed by atoms with E-state index >= 15 is 0 Å². The highest BCUT2D eigenvalue weighted by Gasteiger charge is 2.13. The molecule has 0 aromatic carbocycles. The number of anilines is 1. The fraction of sp³-hybridized carbons (Fsp3) is 0.250. The first kappa shape index (κ1) is 12.1. The molecule has 0 aliphatic carbocycles. The highest BCUT2D eigenvalue weighted by molar-refractivity contribution is 5.55. The second kappa shape index (κ2) is 5.81. The summed E-state index contributed by atoms with van der Waals surface area (Å²) in [6, 6.07) is 3.58. The average molecular weight is 246 g/mol. The van der Waals surface area contributed by atoms with Crippen molar-refractivity contribution < 1.29 is 9.47 Å². The first-order valence-electron chi connectivity index (χ1n) is 5.56. The van der Waals surface area contributed by atoms with Crippen molar-refractivity contribution in [1.82, 2.24) is 15.0 Å². The molecule has 6 heteroatoms. The van der Waals surface area contributed by atoms with Gasteiger partial charge in [0.25, 0.3) is 5.88 Å². The Morgan fingerprint density at radius 3 is 2.89 bits per heavy atom. The van der Waals surface area contributed by atoms with Crippen LogP contribution in [0.25, 0.3) is 0 Å². The van der Waals surface area contributed by atoms with Crippen LogP contribution in [0.3, 0.4) is 0 Å². The number of aromatic nitrogens is 3. The summed E-state index contributed by atoms with van der Waals surface area (Å²) >= 11 is 0. The molecule has 2 aromatic heterocycles. The second-order valence-electron chi connectivity index (χ2n) is 3.38. The fourth-order valence-corrected chi connectivity index (χ4v) is 1.43. The quantitative estimate of drug-likeness (QED) is 0.871. The first-order chi connectivity index (χ1) is 8.85. The predicted molar refractivity (Wildman–Crippen MR) is 67.1 cm³/mol. The van der Waals surface area contributed by atoms with Crippen molar-refractivity contribution in [2.24, 2.45) is 0 Å². The van der Waals surface area contributed by atoms with Crippen LogP contribution in [0.2, 0.25) is 0 Å². The second-order valence-corrected chi connectivity index (χ2v) is 3.38. The van der Waals surface area contributed by atoms with Gasteiger partial charge in [0, 0.05) is 12.7 Å². The van der Waals surface area contributed by atoms with Crippen molar-refractivity contribution in [1.29, 1.82) is 0 Å². The summed E-state index contributed by atoms with van der Waals surface area (Å²) < 4.78 is 10.9. The van der Waals surface area contributed by atoms with Gasteiger partial charge in [0.15, 0.2) is 5.82 Å². The van der Waals surface area contributed by atoms with Gasteiger partial charge in [-0.15, -0.1) is 0 Å². The number of pyridine rings is 1. The molecule has 0 fully saturated rings. The smallest absolute Gasteiger partial charge is 0.268 e. The van der Waals surface area contributed by atoms with E-state index in [2.05, 4.69) is 20.3 Å². The molecule has 0 bridgehead atoms. The van der Waals surface area contributed by atoms with Crippen LogP contribution in [0.15, 0.2) is 30.9 Å². The first-order valence-corrected chi connectivity index (χ1v) is 5.56. The lowest BCUT2D eigenvalue weighted by molar-refractivity contribution is 0.368. The lowest BCUT2D eigenvalue weighted by atomic mass is 10.4. The lowest BCUT2D eigenvalue weighted by Crippen LogP contribution is -2.04. The van der Waals surface area contributed by atoms with Crippen molar-refractivity contribution >= 4 is 5.82 Å². The molecule has 0 aliphatic heterocycles. The molecule has 6 nitrogen and oxygen atoms in total. The van der Waals surface area contributed by atoms with E-state index in [0.717, 1.165) is 6.54 Å². The third kappa shape index (κ3) is 2.65. The third-order valence-electron chi connectivity index (χ3n) is 2.17. The number of nitrogens with one attached hydrogen (secondary N) is 1. The Morgan fingerprint density at radius 1 is 1.33 bits per heavy atom. The Kier molecular flexibility index (Phi) is 3.90. The maximum Gasteiger partial charge on any atom is 0.268 e. The zero-order valence-corrected chi connectivity index (χ0v) is 10.3. The molecule has 0 saturated carbocycles. The van der Waals surface area contributed by atoms with Crippen LogP contribution in [0.1, 0.15) is 6.92 Å². The van der Waals surface area contributed by atoms with Gasteiger partial charge in [-0.3, -0.25) is 4.98 Å². The standard InChI is InChI=1S/C12H14N4O2/c1-3-14-11-10(17-2)12(16-8-15-11)18-9-5-4-6-13-7-9/h4-8H,3H2,1-2H3,(H,14,15,16). The van der Waals surface area contributed by atoms with Crippen molar-refractivity contribution in [3.63, 3.8) is 0 Å². The zero-order valence-electron chi connectivity index (χ0n) is 10.3. The molecule has 0 unspecified atom stereocenters. The summed E-state index contributed by atoms with van der Waals surface area (Å²) in [4.78, 5) is 12.1. The van der Waals surface area contributed by atoms with Crippen LogP contribution in [-0.2, 0) is 0 Å². The highest BCUT2D eigenvalue weighted by atomic mass is 16.5. The topological polar surface area (TPSA) is 69.2 Å². The minimum absolute atomic E-state index is 0.358. The van der Waals surface area contributed by atoms with Gasteiger partial charge >= 0.3 is 0 Å². The molecule has 0 spiro atoms. The minimum atomic E-state index is 0.358. The monoisotopic (exact) mass is 246 g/mol. The Balaban J connectivity index is 2.30. The predicted octanol–water partition coefficient (Wildman–Crippen LogP) is 2.10. The van der Waals surface area contributed by atoms with Crippen LogP contribution < -0.4 is 14.8 Å². The number of hydrogen-bond donors (Lipinski definition) is 1. The number of ether oxygens (including phenoxy) is 2. The summed E-state index contributed by atoms with van der Waals surface area (Å²) in [5.41, 5.74) is 0. The molecule has 0 aliphatic rings. The van der Waals surface area contributed by atoms with E-state index in [1.807, 2.05) is 6.92 Å². The van der Waals surface area contributed by atoms with Crippen molar-refractivity contribution in [3.05, 3.63) is 30.9 Å². The molecule has 2 heterocycles. The molecule has 0 saturated heterocycles. The molecule has 1 N–H and O–H groups in total. The van der Waals surface area contributed by atoms with E-state index in [-0.39, 0.29) is 0 Å². The third-order valence-corrected chi connectivity index (χ3v) is 2.17. The van der Waals surface area contributed by atoms with Gasteiger partial charge in [-0.1, -0.05) is 0 Å². The Bertz CT molecular complexity index is 505. The number of nitrogens with zero attached hydrogens (tertiary/aromatic N) is 3. The van der Waals surface area contributed by atoms with Crippen LogP contribution in [0.5, 0.6) is 17.4 Å². The van der Waals surface area contributed by atoms with Crippen LogP contribution in [0, 0.1) is 0 Å². The fourth-order valence-electron chi connectivity index (χ4n) is 1.43. The van der Waals surface area contributed by atoms with Gasteiger partial charge in [-0.2, -0.15) is 4.98 Å². The van der Waals surface area contributed by atoms with E-state index < -0.39 is 0 Å². The summed E-state index contributed by atoms with van der Waals surface area (Å²) in [5, 5.41) is 3.08. The van der Waals surface area contributed by atoms with Crippen LogP contribution in [0.4, 0.5) is 5.82 Å². The Hall–Kier alpha value is -2.37. The number of methoxy groups -OCH3 is 1. The van der Waals surface area contributed by atoms with Crippen LogP contribution >= 0.6 is 0 Å². The highest BCUT2D eigenvalue weighted by Crippen LogP contribution is 2.33. The molecular weight excluding hydrogens is 232 g/mol. The molecule has 0 radical (unpaired) electrons. The van der Waals surface area contributed by atoms with E-state index in [4.69, 9.17) is 9.47 Å². The van der Waals surface area contributed by atoms with Crippen LogP contribution in [-0.4, -0.2) is 28.6 Å².